The Kier molecular flexibility index (Phi) is 3.12. The number of halogens is 2. The summed E-state index contributed by atoms with van der Waals surface area (Å²) in [5.74, 6) is -0.0841. The molecule has 0 aliphatic rings. The fraction of sp³-hybridized carbons (Fsp3) is 0.182. The summed E-state index contributed by atoms with van der Waals surface area (Å²) in [6.07, 6.45) is -2.56. The smallest absolute Gasteiger partial charge is 0.263 e. The Morgan fingerprint density at radius 3 is 2.00 bits per heavy atom. The minimum Gasteiger partial charge on any atom is -0.295 e. The zero-order valence-electron chi connectivity index (χ0n) is 7.76. The topological polar surface area (TPSA) is 17.1 Å². The zero-order chi connectivity index (χ0) is 10.7. The average molecular weight is 196 g/mol. The predicted octanol–water partition coefficient (Wildman–Crippen LogP) is 3.17. The molecule has 0 amide bonds. The number of rotatable bonds is 3. The SMILES string of the molecule is C=C(c1ccc(C(C)=O)cc1)C(F)F. The van der Waals surface area contributed by atoms with E-state index in [1.807, 2.05) is 0 Å². The lowest BCUT2D eigenvalue weighted by Crippen LogP contribution is -1.96. The van der Waals surface area contributed by atoms with E-state index in [0.29, 0.717) is 11.1 Å². The van der Waals surface area contributed by atoms with Gasteiger partial charge in [-0.3, -0.25) is 4.79 Å². The highest BCUT2D eigenvalue weighted by Gasteiger charge is 2.10. The monoisotopic (exact) mass is 196 g/mol. The van der Waals surface area contributed by atoms with Gasteiger partial charge in [0.15, 0.2) is 5.78 Å². The summed E-state index contributed by atoms with van der Waals surface area (Å²) in [6.45, 7) is 4.69. The fourth-order valence-electron chi connectivity index (χ4n) is 1.05. The first-order chi connectivity index (χ1) is 6.52. The van der Waals surface area contributed by atoms with Crippen LogP contribution in [-0.2, 0) is 0 Å². The van der Waals surface area contributed by atoms with Crippen molar-refractivity contribution in [3.63, 3.8) is 0 Å². The number of hydrogen-bond acceptors (Lipinski definition) is 1. The van der Waals surface area contributed by atoms with Crippen molar-refractivity contribution < 1.29 is 13.6 Å². The lowest BCUT2D eigenvalue weighted by Gasteiger charge is -2.04. The van der Waals surface area contributed by atoms with Gasteiger partial charge in [0.25, 0.3) is 6.43 Å². The van der Waals surface area contributed by atoms with Gasteiger partial charge in [-0.15, -0.1) is 0 Å². The summed E-state index contributed by atoms with van der Waals surface area (Å²) in [5, 5.41) is 0. The normalized spacial score (nSPS) is 10.3. The molecule has 0 N–H and O–H groups in total. The molecule has 74 valence electrons. The number of allylic oxidation sites excluding steroid dienone is 1. The van der Waals surface area contributed by atoms with E-state index in [0.717, 1.165) is 0 Å². The summed E-state index contributed by atoms with van der Waals surface area (Å²) in [4.78, 5) is 10.9. The first-order valence-electron chi connectivity index (χ1n) is 4.10. The molecule has 3 heteroatoms. The molecule has 1 aromatic rings. The quantitative estimate of drug-likeness (QED) is 0.678. The van der Waals surface area contributed by atoms with E-state index in [1.165, 1.54) is 31.2 Å². The number of carbonyl (C=O) groups excluding carboxylic acids is 1. The van der Waals surface area contributed by atoms with Gasteiger partial charge in [-0.1, -0.05) is 30.8 Å². The second-order valence-electron chi connectivity index (χ2n) is 2.96. The summed E-state index contributed by atoms with van der Waals surface area (Å²) in [7, 11) is 0. The van der Waals surface area contributed by atoms with Crippen molar-refractivity contribution >= 4 is 11.4 Å². The third kappa shape index (κ3) is 2.25. The summed E-state index contributed by atoms with van der Waals surface area (Å²) in [5.41, 5.74) is 0.654. The minimum absolute atomic E-state index is 0.0841. The molecule has 0 fully saturated rings. The van der Waals surface area contributed by atoms with Crippen LogP contribution in [0.1, 0.15) is 22.8 Å². The largest absolute Gasteiger partial charge is 0.295 e. The van der Waals surface area contributed by atoms with Gasteiger partial charge in [0, 0.05) is 11.1 Å². The van der Waals surface area contributed by atoms with Gasteiger partial charge >= 0.3 is 0 Å². The maximum atomic E-state index is 12.2. The van der Waals surface area contributed by atoms with Gasteiger partial charge in [0.2, 0.25) is 0 Å². The van der Waals surface area contributed by atoms with Crippen molar-refractivity contribution in [1.82, 2.24) is 0 Å². The number of benzene rings is 1. The van der Waals surface area contributed by atoms with Crippen LogP contribution in [0.3, 0.4) is 0 Å². The highest BCUT2D eigenvalue weighted by atomic mass is 19.3. The minimum atomic E-state index is -2.56. The van der Waals surface area contributed by atoms with Crippen LogP contribution in [0.25, 0.3) is 5.57 Å². The molecule has 0 saturated heterocycles. The second-order valence-corrected chi connectivity index (χ2v) is 2.96. The third-order valence-corrected chi connectivity index (χ3v) is 1.93. The van der Waals surface area contributed by atoms with Crippen LogP contribution in [0.15, 0.2) is 30.8 Å². The lowest BCUT2D eigenvalue weighted by molar-refractivity contribution is 0.101. The summed E-state index contributed by atoms with van der Waals surface area (Å²) < 4.78 is 24.4. The van der Waals surface area contributed by atoms with Crippen molar-refractivity contribution in [1.29, 1.82) is 0 Å². The van der Waals surface area contributed by atoms with Crippen LogP contribution < -0.4 is 0 Å². The van der Waals surface area contributed by atoms with Crippen LogP contribution >= 0.6 is 0 Å². The Morgan fingerprint density at radius 2 is 1.64 bits per heavy atom. The lowest BCUT2D eigenvalue weighted by atomic mass is 10.0. The highest BCUT2D eigenvalue weighted by Crippen LogP contribution is 2.20. The fourth-order valence-corrected chi connectivity index (χ4v) is 1.05. The van der Waals surface area contributed by atoms with Gasteiger partial charge < -0.3 is 0 Å². The molecule has 1 rings (SSSR count). The van der Waals surface area contributed by atoms with Crippen LogP contribution in [0.5, 0.6) is 0 Å². The van der Waals surface area contributed by atoms with Crippen molar-refractivity contribution in [2.45, 2.75) is 13.3 Å². The van der Waals surface area contributed by atoms with Crippen LogP contribution in [0.2, 0.25) is 0 Å². The number of Topliss-reactive ketones (excluding diaryl/α,β-unsaturated/α-hetero) is 1. The molecule has 0 atom stereocenters. The number of carbonyl (C=O) groups is 1. The second kappa shape index (κ2) is 4.13. The zero-order valence-corrected chi connectivity index (χ0v) is 7.76. The maximum Gasteiger partial charge on any atom is 0.263 e. The molecule has 1 aromatic carbocycles. The molecule has 0 spiro atoms. The molecule has 0 aliphatic carbocycles. The van der Waals surface area contributed by atoms with Crippen LogP contribution in [0, 0.1) is 0 Å². The molecular formula is C11H10F2O. The van der Waals surface area contributed by atoms with Gasteiger partial charge in [0.1, 0.15) is 0 Å². The maximum absolute atomic E-state index is 12.2. The van der Waals surface area contributed by atoms with Crippen LogP contribution in [0.4, 0.5) is 8.78 Å². The Morgan fingerprint density at radius 1 is 1.21 bits per heavy atom. The Labute approximate surface area is 81.1 Å². The van der Waals surface area contributed by atoms with Crippen LogP contribution in [-0.4, -0.2) is 12.2 Å². The molecule has 0 radical (unpaired) electrons. The van der Waals surface area contributed by atoms with Gasteiger partial charge in [0.05, 0.1) is 0 Å². The molecule has 0 aliphatic heterocycles. The predicted molar refractivity (Wildman–Crippen MR) is 51.5 cm³/mol. The van der Waals surface area contributed by atoms with E-state index in [2.05, 4.69) is 6.58 Å². The van der Waals surface area contributed by atoms with Crippen molar-refractivity contribution in [2.75, 3.05) is 0 Å². The van der Waals surface area contributed by atoms with E-state index in [9.17, 15) is 13.6 Å². The first kappa shape index (κ1) is 10.6. The van der Waals surface area contributed by atoms with E-state index in [1.54, 1.807) is 0 Å². The number of ketones is 1. The average Bonchev–Trinajstić information content (AvgIpc) is 2.16. The molecule has 0 unspecified atom stereocenters. The van der Waals surface area contributed by atoms with Crippen molar-refractivity contribution in [3.05, 3.63) is 42.0 Å². The molecule has 0 heterocycles. The van der Waals surface area contributed by atoms with Crippen molar-refractivity contribution in [3.8, 4) is 0 Å². The third-order valence-electron chi connectivity index (χ3n) is 1.93. The van der Waals surface area contributed by atoms with Gasteiger partial charge in [-0.25, -0.2) is 8.78 Å². The number of hydrogen-bond donors (Lipinski definition) is 0. The standard InChI is InChI=1S/C11H10F2O/c1-7(11(12)13)9-3-5-10(6-4-9)8(2)14/h3-6,11H,1H2,2H3. The van der Waals surface area contributed by atoms with E-state index in [-0.39, 0.29) is 11.4 Å². The first-order valence-corrected chi connectivity index (χ1v) is 4.10. The van der Waals surface area contributed by atoms with E-state index in [4.69, 9.17) is 0 Å². The molecule has 0 aromatic heterocycles. The molecule has 14 heavy (non-hydrogen) atoms. The van der Waals surface area contributed by atoms with Crippen molar-refractivity contribution in [2.24, 2.45) is 0 Å². The van der Waals surface area contributed by atoms with Gasteiger partial charge in [-0.2, -0.15) is 0 Å². The summed E-state index contributed by atoms with van der Waals surface area (Å²) >= 11 is 0. The van der Waals surface area contributed by atoms with Gasteiger partial charge in [-0.05, 0) is 12.5 Å². The highest BCUT2D eigenvalue weighted by molar-refractivity contribution is 5.94. The Hall–Kier alpha value is -1.51. The molecule has 0 bridgehead atoms. The number of alkyl halides is 2. The Bertz CT molecular complexity index is 352. The van der Waals surface area contributed by atoms with E-state index >= 15 is 0 Å². The molecular weight excluding hydrogens is 186 g/mol. The molecule has 1 nitrogen and oxygen atoms in total. The summed E-state index contributed by atoms with van der Waals surface area (Å²) in [6, 6.07) is 5.99. The molecule has 0 saturated carbocycles. The van der Waals surface area contributed by atoms with E-state index < -0.39 is 6.43 Å². The Balaban J connectivity index is 2.94.